The van der Waals surface area contributed by atoms with E-state index in [-0.39, 0.29) is 16.8 Å². The Bertz CT molecular complexity index is 1060. The molecule has 162 valence electrons. The molecule has 2 heterocycles. The number of nitrogens with one attached hydrogen (secondary N) is 2. The monoisotopic (exact) mass is 460 g/mol. The van der Waals surface area contributed by atoms with Gasteiger partial charge in [-0.1, -0.05) is 24.9 Å². The normalized spacial score (nSPS) is 10.5. The van der Waals surface area contributed by atoms with E-state index in [1.807, 2.05) is 6.92 Å². The Morgan fingerprint density at radius 2 is 2.00 bits per heavy atom. The van der Waals surface area contributed by atoms with Crippen molar-refractivity contribution in [2.24, 2.45) is 0 Å². The molecule has 0 aliphatic heterocycles. The smallest absolute Gasteiger partial charge is 0.338 e. The number of amides is 1. The highest BCUT2D eigenvalue weighted by Gasteiger charge is 2.14. The molecule has 0 radical (unpaired) electrons. The van der Waals surface area contributed by atoms with Gasteiger partial charge in [-0.15, -0.1) is 0 Å². The summed E-state index contributed by atoms with van der Waals surface area (Å²) >= 11 is 11.0. The van der Waals surface area contributed by atoms with Crippen LogP contribution in [0.15, 0.2) is 53.2 Å². The van der Waals surface area contributed by atoms with Gasteiger partial charge in [-0.2, -0.15) is 5.10 Å². The molecule has 8 nitrogen and oxygen atoms in total. The van der Waals surface area contributed by atoms with Crippen molar-refractivity contribution in [2.75, 3.05) is 11.9 Å². The highest BCUT2D eigenvalue weighted by atomic mass is 35.5. The van der Waals surface area contributed by atoms with Gasteiger partial charge in [0.15, 0.2) is 10.9 Å². The van der Waals surface area contributed by atoms with Crippen molar-refractivity contribution in [3.63, 3.8) is 0 Å². The van der Waals surface area contributed by atoms with Crippen LogP contribution in [0.5, 0.6) is 0 Å². The lowest BCUT2D eigenvalue weighted by molar-refractivity contribution is 0.0499. The van der Waals surface area contributed by atoms with Gasteiger partial charge in [0.05, 0.1) is 29.9 Å². The van der Waals surface area contributed by atoms with Crippen molar-refractivity contribution in [1.82, 2.24) is 15.1 Å². The summed E-state index contributed by atoms with van der Waals surface area (Å²) in [5.41, 5.74) is 1.06. The quantitative estimate of drug-likeness (QED) is 0.294. The molecule has 0 aliphatic rings. The molecule has 2 N–H and O–H groups in total. The fourth-order valence-corrected chi connectivity index (χ4v) is 2.95. The SMILES string of the molecule is CCCCOC(=O)c1ccc(NC(=S)NC(=O)c2ccc(Cn3cc(Cl)cn3)o2)cc1. The number of carbonyl (C=O) groups excluding carboxylic acids is 2. The maximum absolute atomic E-state index is 12.3. The van der Waals surface area contributed by atoms with Crippen molar-refractivity contribution in [3.05, 3.63) is 70.9 Å². The Kier molecular flexibility index (Phi) is 7.80. The van der Waals surface area contributed by atoms with Gasteiger partial charge < -0.3 is 14.5 Å². The molecule has 0 bridgehead atoms. The predicted molar refractivity (Wildman–Crippen MR) is 120 cm³/mol. The van der Waals surface area contributed by atoms with E-state index in [1.54, 1.807) is 47.3 Å². The minimum absolute atomic E-state index is 0.0973. The van der Waals surface area contributed by atoms with E-state index in [2.05, 4.69) is 15.7 Å². The van der Waals surface area contributed by atoms with Crippen LogP contribution in [0.25, 0.3) is 0 Å². The number of thiocarbonyl (C=S) groups is 1. The zero-order valence-electron chi connectivity index (χ0n) is 16.8. The second-order valence-electron chi connectivity index (χ2n) is 6.60. The second kappa shape index (κ2) is 10.7. The molecule has 0 saturated carbocycles. The van der Waals surface area contributed by atoms with E-state index in [4.69, 9.17) is 33.0 Å². The Morgan fingerprint density at radius 1 is 1.23 bits per heavy atom. The van der Waals surface area contributed by atoms with E-state index >= 15 is 0 Å². The molecule has 3 aromatic rings. The zero-order valence-corrected chi connectivity index (χ0v) is 18.3. The summed E-state index contributed by atoms with van der Waals surface area (Å²) in [5.74, 6) is -0.201. The van der Waals surface area contributed by atoms with Gasteiger partial charge in [0.25, 0.3) is 5.91 Å². The highest BCUT2D eigenvalue weighted by molar-refractivity contribution is 7.80. The number of hydrogen-bond donors (Lipinski definition) is 2. The van der Waals surface area contributed by atoms with Gasteiger partial charge in [-0.25, -0.2) is 4.79 Å². The number of halogens is 1. The minimum Gasteiger partial charge on any atom is -0.462 e. The van der Waals surface area contributed by atoms with Crippen LogP contribution in [0, 0.1) is 0 Å². The first-order chi connectivity index (χ1) is 14.9. The number of carbonyl (C=O) groups is 2. The third-order valence-corrected chi connectivity index (χ3v) is 4.54. The van der Waals surface area contributed by atoms with Gasteiger partial charge in [0, 0.05) is 11.9 Å². The Morgan fingerprint density at radius 3 is 2.68 bits per heavy atom. The number of aromatic nitrogens is 2. The Balaban J connectivity index is 1.50. The lowest BCUT2D eigenvalue weighted by Crippen LogP contribution is -2.33. The maximum atomic E-state index is 12.3. The maximum Gasteiger partial charge on any atom is 0.338 e. The molecule has 0 unspecified atom stereocenters. The lowest BCUT2D eigenvalue weighted by atomic mass is 10.2. The van der Waals surface area contributed by atoms with Crippen LogP contribution in [-0.4, -0.2) is 33.4 Å². The summed E-state index contributed by atoms with van der Waals surface area (Å²) in [5, 5.41) is 10.1. The van der Waals surface area contributed by atoms with Crippen LogP contribution in [0.3, 0.4) is 0 Å². The van der Waals surface area contributed by atoms with Crippen molar-refractivity contribution < 1.29 is 18.7 Å². The molecule has 3 rings (SSSR count). The van der Waals surface area contributed by atoms with E-state index in [1.165, 1.54) is 6.20 Å². The predicted octanol–water partition coefficient (Wildman–Crippen LogP) is 4.26. The number of anilines is 1. The number of esters is 1. The molecule has 0 saturated heterocycles. The van der Waals surface area contributed by atoms with Crippen LogP contribution >= 0.6 is 23.8 Å². The first-order valence-corrected chi connectivity index (χ1v) is 10.4. The molecule has 0 fully saturated rings. The molecule has 1 amide bonds. The fourth-order valence-electron chi connectivity index (χ4n) is 2.58. The topological polar surface area (TPSA) is 98.4 Å². The zero-order chi connectivity index (χ0) is 22.2. The first kappa shape index (κ1) is 22.5. The van der Waals surface area contributed by atoms with Gasteiger partial charge in [0.1, 0.15) is 5.76 Å². The summed E-state index contributed by atoms with van der Waals surface area (Å²) in [7, 11) is 0. The third kappa shape index (κ3) is 6.66. The fraction of sp³-hybridized carbons (Fsp3) is 0.238. The lowest BCUT2D eigenvalue weighted by Gasteiger charge is -2.09. The van der Waals surface area contributed by atoms with Crippen LogP contribution in [0.2, 0.25) is 5.02 Å². The van der Waals surface area contributed by atoms with E-state index < -0.39 is 5.91 Å². The van der Waals surface area contributed by atoms with Crippen molar-refractivity contribution in [2.45, 2.75) is 26.3 Å². The molecule has 0 aliphatic carbocycles. The molecule has 2 aromatic heterocycles. The van der Waals surface area contributed by atoms with Crippen LogP contribution < -0.4 is 10.6 Å². The third-order valence-electron chi connectivity index (χ3n) is 4.14. The summed E-state index contributed by atoms with van der Waals surface area (Å²) < 4.78 is 12.3. The molecule has 31 heavy (non-hydrogen) atoms. The van der Waals surface area contributed by atoms with Crippen LogP contribution in [0.1, 0.15) is 46.4 Å². The number of hydrogen-bond acceptors (Lipinski definition) is 6. The van der Waals surface area contributed by atoms with Gasteiger partial charge in [-0.3, -0.25) is 14.8 Å². The van der Waals surface area contributed by atoms with E-state index in [0.717, 1.165) is 12.8 Å². The largest absolute Gasteiger partial charge is 0.462 e. The van der Waals surface area contributed by atoms with Gasteiger partial charge in [-0.05, 0) is 55.0 Å². The molecule has 1 aromatic carbocycles. The molecular formula is C21H21ClN4O4S. The van der Waals surface area contributed by atoms with E-state index in [0.29, 0.717) is 35.2 Å². The minimum atomic E-state index is -0.488. The second-order valence-corrected chi connectivity index (χ2v) is 7.44. The average molecular weight is 461 g/mol. The van der Waals surface area contributed by atoms with Crippen molar-refractivity contribution in [3.8, 4) is 0 Å². The van der Waals surface area contributed by atoms with Gasteiger partial charge in [0.2, 0.25) is 0 Å². The Labute approximate surface area is 189 Å². The number of unbranched alkanes of at least 4 members (excludes halogenated alkanes) is 1. The number of ether oxygens (including phenoxy) is 1. The summed E-state index contributed by atoms with van der Waals surface area (Å²) in [4.78, 5) is 24.3. The Hall–Kier alpha value is -3.17. The first-order valence-electron chi connectivity index (χ1n) is 9.61. The summed E-state index contributed by atoms with van der Waals surface area (Å²) in [6.45, 7) is 2.77. The van der Waals surface area contributed by atoms with E-state index in [9.17, 15) is 9.59 Å². The van der Waals surface area contributed by atoms with Crippen molar-refractivity contribution >= 4 is 46.5 Å². The average Bonchev–Trinajstić information content (AvgIpc) is 3.38. The summed E-state index contributed by atoms with van der Waals surface area (Å²) in [6, 6.07) is 9.84. The highest BCUT2D eigenvalue weighted by Crippen LogP contribution is 2.13. The molecular weight excluding hydrogens is 440 g/mol. The molecule has 0 atom stereocenters. The number of rotatable bonds is 8. The van der Waals surface area contributed by atoms with Crippen molar-refractivity contribution in [1.29, 1.82) is 0 Å². The summed E-state index contributed by atoms with van der Waals surface area (Å²) in [6.07, 6.45) is 4.95. The number of benzene rings is 1. The van der Waals surface area contributed by atoms with Crippen LogP contribution in [-0.2, 0) is 11.3 Å². The number of furan rings is 1. The molecule has 0 spiro atoms. The number of nitrogens with zero attached hydrogens (tertiary/aromatic N) is 2. The molecule has 10 heteroatoms. The van der Waals surface area contributed by atoms with Gasteiger partial charge >= 0.3 is 5.97 Å². The standard InChI is InChI=1S/C21H21ClN4O4S/c1-2-3-10-29-20(28)14-4-6-16(7-5-14)24-21(31)25-19(27)18-9-8-17(30-18)13-26-12-15(22)11-23-26/h4-9,11-12H,2-3,10,13H2,1H3,(H2,24,25,27,31). The van der Waals surface area contributed by atoms with Crippen LogP contribution in [0.4, 0.5) is 5.69 Å².